The van der Waals surface area contributed by atoms with Gasteiger partial charge in [0.05, 0.1) is 12.5 Å². The number of hydrogen-bond acceptors (Lipinski definition) is 2. The van der Waals surface area contributed by atoms with Gasteiger partial charge in [0.15, 0.2) is 0 Å². The number of rotatable bonds is 6. The average molecular weight is 188 g/mol. The first-order chi connectivity index (χ1) is 5.93. The van der Waals surface area contributed by atoms with Gasteiger partial charge < -0.3 is 9.84 Å². The van der Waals surface area contributed by atoms with Crippen LogP contribution in [0.4, 0.5) is 0 Å². The minimum absolute atomic E-state index is 0.0478. The lowest BCUT2D eigenvalue weighted by atomic mass is 9.82. The van der Waals surface area contributed by atoms with Crippen LogP contribution in [0.25, 0.3) is 0 Å². The standard InChI is InChI=1S/C10H20O3/c1-5-8(9(11)12)6-10(2,3)7-13-4/h8H,5-7H2,1-4H3,(H,11,12). The Morgan fingerprint density at radius 3 is 2.38 bits per heavy atom. The summed E-state index contributed by atoms with van der Waals surface area (Å²) in [6, 6.07) is 0. The van der Waals surface area contributed by atoms with Crippen molar-refractivity contribution in [3.63, 3.8) is 0 Å². The maximum atomic E-state index is 10.8. The zero-order chi connectivity index (χ0) is 10.5. The Morgan fingerprint density at radius 2 is 2.08 bits per heavy atom. The molecule has 0 saturated heterocycles. The van der Waals surface area contributed by atoms with Crippen LogP contribution in [0.2, 0.25) is 0 Å². The molecule has 0 radical (unpaired) electrons. The maximum absolute atomic E-state index is 10.8. The van der Waals surface area contributed by atoms with E-state index in [0.29, 0.717) is 19.4 Å². The molecule has 0 aromatic heterocycles. The highest BCUT2D eigenvalue weighted by Crippen LogP contribution is 2.27. The Hall–Kier alpha value is -0.570. The number of hydrogen-bond donors (Lipinski definition) is 1. The summed E-state index contributed by atoms with van der Waals surface area (Å²) in [5.74, 6) is -0.947. The van der Waals surface area contributed by atoms with E-state index in [1.165, 1.54) is 0 Å². The van der Waals surface area contributed by atoms with Crippen LogP contribution in [0.15, 0.2) is 0 Å². The van der Waals surface area contributed by atoms with Crippen molar-refractivity contribution >= 4 is 5.97 Å². The van der Waals surface area contributed by atoms with Gasteiger partial charge in [0.25, 0.3) is 0 Å². The first-order valence-electron chi connectivity index (χ1n) is 4.64. The van der Waals surface area contributed by atoms with Crippen molar-refractivity contribution in [3.05, 3.63) is 0 Å². The summed E-state index contributed by atoms with van der Waals surface area (Å²) < 4.78 is 5.04. The van der Waals surface area contributed by atoms with Crippen molar-refractivity contribution in [1.82, 2.24) is 0 Å². The molecule has 3 heteroatoms. The van der Waals surface area contributed by atoms with Crippen molar-refractivity contribution in [2.24, 2.45) is 11.3 Å². The molecule has 0 heterocycles. The molecule has 3 nitrogen and oxygen atoms in total. The molecule has 0 aromatic carbocycles. The summed E-state index contributed by atoms with van der Waals surface area (Å²) in [6.07, 6.45) is 1.36. The third-order valence-electron chi connectivity index (χ3n) is 2.18. The second-order valence-corrected chi connectivity index (χ2v) is 4.24. The van der Waals surface area contributed by atoms with E-state index in [9.17, 15) is 4.79 Å². The molecule has 0 spiro atoms. The van der Waals surface area contributed by atoms with Gasteiger partial charge in [-0.25, -0.2) is 0 Å². The van der Waals surface area contributed by atoms with Crippen molar-refractivity contribution in [1.29, 1.82) is 0 Å². The largest absolute Gasteiger partial charge is 0.481 e. The maximum Gasteiger partial charge on any atom is 0.306 e. The highest BCUT2D eigenvalue weighted by molar-refractivity contribution is 5.69. The second kappa shape index (κ2) is 5.22. The zero-order valence-electron chi connectivity index (χ0n) is 8.96. The normalized spacial score (nSPS) is 14.2. The Balaban J connectivity index is 4.13. The van der Waals surface area contributed by atoms with Gasteiger partial charge in [-0.15, -0.1) is 0 Å². The summed E-state index contributed by atoms with van der Waals surface area (Å²) in [5.41, 5.74) is -0.0478. The minimum Gasteiger partial charge on any atom is -0.481 e. The Labute approximate surface area is 80.1 Å². The molecular formula is C10H20O3. The number of carbonyl (C=O) groups is 1. The van der Waals surface area contributed by atoms with Gasteiger partial charge in [-0.2, -0.15) is 0 Å². The van der Waals surface area contributed by atoms with Gasteiger partial charge in [-0.1, -0.05) is 20.8 Å². The zero-order valence-corrected chi connectivity index (χ0v) is 8.96. The number of methoxy groups -OCH3 is 1. The van der Waals surface area contributed by atoms with Crippen LogP contribution in [-0.4, -0.2) is 24.8 Å². The van der Waals surface area contributed by atoms with Crippen molar-refractivity contribution in [2.45, 2.75) is 33.6 Å². The van der Waals surface area contributed by atoms with E-state index in [2.05, 4.69) is 0 Å². The van der Waals surface area contributed by atoms with E-state index in [1.54, 1.807) is 7.11 Å². The topological polar surface area (TPSA) is 46.5 Å². The molecule has 0 saturated carbocycles. The van der Waals surface area contributed by atoms with Gasteiger partial charge in [0, 0.05) is 7.11 Å². The molecule has 0 fully saturated rings. The predicted molar refractivity (Wildman–Crippen MR) is 51.7 cm³/mol. The van der Waals surface area contributed by atoms with Gasteiger partial charge in [-0.3, -0.25) is 4.79 Å². The smallest absolute Gasteiger partial charge is 0.306 e. The SMILES string of the molecule is CCC(CC(C)(C)COC)C(=O)O. The van der Waals surface area contributed by atoms with Crippen LogP contribution < -0.4 is 0 Å². The average Bonchev–Trinajstić information content (AvgIpc) is 1.99. The van der Waals surface area contributed by atoms with Crippen LogP contribution in [-0.2, 0) is 9.53 Å². The molecular weight excluding hydrogens is 168 g/mol. The van der Waals surface area contributed by atoms with Crippen LogP contribution in [0.1, 0.15) is 33.6 Å². The monoisotopic (exact) mass is 188 g/mol. The lowest BCUT2D eigenvalue weighted by Crippen LogP contribution is -2.26. The summed E-state index contributed by atoms with van der Waals surface area (Å²) in [5, 5.41) is 8.86. The first-order valence-corrected chi connectivity index (χ1v) is 4.64. The minimum atomic E-state index is -0.702. The molecule has 13 heavy (non-hydrogen) atoms. The van der Waals surface area contributed by atoms with E-state index in [4.69, 9.17) is 9.84 Å². The van der Waals surface area contributed by atoms with Crippen molar-refractivity contribution in [2.75, 3.05) is 13.7 Å². The quantitative estimate of drug-likeness (QED) is 0.694. The Kier molecular flexibility index (Phi) is 4.99. The van der Waals surface area contributed by atoms with Gasteiger partial charge >= 0.3 is 5.97 Å². The molecule has 0 aliphatic rings. The van der Waals surface area contributed by atoms with Crippen LogP contribution in [0.3, 0.4) is 0 Å². The van der Waals surface area contributed by atoms with Gasteiger partial charge in [-0.05, 0) is 18.3 Å². The Bertz CT molecular complexity index is 164. The molecule has 1 N–H and O–H groups in total. The van der Waals surface area contributed by atoms with Crippen LogP contribution >= 0.6 is 0 Å². The van der Waals surface area contributed by atoms with Crippen molar-refractivity contribution in [3.8, 4) is 0 Å². The molecule has 78 valence electrons. The van der Waals surface area contributed by atoms with Crippen LogP contribution in [0, 0.1) is 11.3 Å². The van der Waals surface area contributed by atoms with Crippen molar-refractivity contribution < 1.29 is 14.6 Å². The molecule has 0 bridgehead atoms. The number of ether oxygens (including phenoxy) is 1. The summed E-state index contributed by atoms with van der Waals surface area (Å²) in [4.78, 5) is 10.8. The molecule has 0 aromatic rings. The first kappa shape index (κ1) is 12.4. The van der Waals surface area contributed by atoms with E-state index in [-0.39, 0.29) is 11.3 Å². The summed E-state index contributed by atoms with van der Waals surface area (Å²) in [7, 11) is 1.64. The van der Waals surface area contributed by atoms with Crippen LogP contribution in [0.5, 0.6) is 0 Å². The number of carboxylic acids is 1. The fraction of sp³-hybridized carbons (Fsp3) is 0.900. The molecule has 0 amide bonds. The fourth-order valence-electron chi connectivity index (χ4n) is 1.52. The van der Waals surface area contributed by atoms with E-state index in [1.807, 2.05) is 20.8 Å². The highest BCUT2D eigenvalue weighted by Gasteiger charge is 2.26. The Morgan fingerprint density at radius 1 is 1.54 bits per heavy atom. The molecule has 0 aliphatic heterocycles. The van der Waals surface area contributed by atoms with E-state index < -0.39 is 5.97 Å². The third kappa shape index (κ3) is 4.88. The number of carboxylic acid groups (broad SMARTS) is 1. The van der Waals surface area contributed by atoms with Gasteiger partial charge in [0.1, 0.15) is 0 Å². The lowest BCUT2D eigenvalue weighted by molar-refractivity contribution is -0.143. The highest BCUT2D eigenvalue weighted by atomic mass is 16.5. The predicted octanol–water partition coefficient (Wildman–Crippen LogP) is 2.16. The molecule has 1 unspecified atom stereocenters. The van der Waals surface area contributed by atoms with E-state index >= 15 is 0 Å². The number of aliphatic carboxylic acids is 1. The fourth-order valence-corrected chi connectivity index (χ4v) is 1.52. The summed E-state index contributed by atoms with van der Waals surface area (Å²) in [6.45, 7) is 6.57. The molecule has 0 aliphatic carbocycles. The lowest BCUT2D eigenvalue weighted by Gasteiger charge is -2.26. The molecule has 1 atom stereocenters. The van der Waals surface area contributed by atoms with E-state index in [0.717, 1.165) is 0 Å². The second-order valence-electron chi connectivity index (χ2n) is 4.24. The van der Waals surface area contributed by atoms with Gasteiger partial charge in [0.2, 0.25) is 0 Å². The molecule has 0 rings (SSSR count). The third-order valence-corrected chi connectivity index (χ3v) is 2.18. The summed E-state index contributed by atoms with van der Waals surface area (Å²) >= 11 is 0.